The molecule has 0 radical (unpaired) electrons. The number of halogens is 2. The van der Waals surface area contributed by atoms with Crippen LogP contribution in [-0.4, -0.2) is 20.3 Å². The monoisotopic (exact) mass is 416 g/mol. The number of nitrogens with zero attached hydrogens (tertiary/aromatic N) is 2. The van der Waals surface area contributed by atoms with E-state index < -0.39 is 6.10 Å². The summed E-state index contributed by atoms with van der Waals surface area (Å²) in [5, 5.41) is 12.2. The fraction of sp³-hybridized carbons (Fsp3) is 0.364. The van der Waals surface area contributed by atoms with E-state index in [0.717, 1.165) is 36.9 Å². The number of benzene rings is 1. The van der Waals surface area contributed by atoms with E-state index in [2.05, 4.69) is 4.98 Å². The molecule has 0 spiro atoms. The van der Waals surface area contributed by atoms with Crippen molar-refractivity contribution in [3.8, 4) is 0 Å². The minimum atomic E-state index is -0.639. The van der Waals surface area contributed by atoms with Gasteiger partial charge in [0, 0.05) is 22.0 Å². The molecule has 6 heteroatoms. The van der Waals surface area contributed by atoms with Crippen LogP contribution in [0.4, 0.5) is 0 Å². The van der Waals surface area contributed by atoms with Crippen molar-refractivity contribution in [3.63, 3.8) is 0 Å². The molecule has 1 aromatic carbocycles. The highest BCUT2D eigenvalue weighted by Crippen LogP contribution is 2.39. The Balaban J connectivity index is 1.48. The van der Waals surface area contributed by atoms with E-state index in [1.807, 2.05) is 22.6 Å². The van der Waals surface area contributed by atoms with Crippen LogP contribution in [0.2, 0.25) is 10.0 Å². The van der Waals surface area contributed by atoms with Crippen molar-refractivity contribution in [3.05, 3.63) is 70.2 Å². The number of aliphatic hydroxyl groups excluding tert-OH is 1. The molecule has 1 aliphatic carbocycles. The van der Waals surface area contributed by atoms with Crippen LogP contribution >= 0.6 is 23.2 Å². The Hall–Kier alpha value is -1.88. The van der Waals surface area contributed by atoms with Gasteiger partial charge in [0.2, 0.25) is 0 Å². The van der Waals surface area contributed by atoms with Crippen molar-refractivity contribution in [2.45, 2.75) is 38.2 Å². The first kappa shape index (κ1) is 19.4. The average Bonchev–Trinajstić information content (AvgIpc) is 3.15. The van der Waals surface area contributed by atoms with Gasteiger partial charge in [0.1, 0.15) is 0 Å². The molecule has 2 heterocycles. The van der Waals surface area contributed by atoms with Crippen molar-refractivity contribution in [1.29, 1.82) is 0 Å². The fourth-order valence-corrected chi connectivity index (χ4v) is 4.75. The molecule has 4 nitrogen and oxygen atoms in total. The smallest absolute Gasteiger partial charge is 0.163 e. The highest BCUT2D eigenvalue weighted by atomic mass is 35.5. The van der Waals surface area contributed by atoms with Crippen LogP contribution in [0.5, 0.6) is 0 Å². The number of aromatic nitrogens is 2. The van der Waals surface area contributed by atoms with Gasteiger partial charge in [0.25, 0.3) is 0 Å². The Morgan fingerprint density at radius 2 is 2.07 bits per heavy atom. The van der Waals surface area contributed by atoms with Crippen LogP contribution in [0.15, 0.2) is 48.9 Å². The predicted molar refractivity (Wildman–Crippen MR) is 111 cm³/mol. The van der Waals surface area contributed by atoms with E-state index in [9.17, 15) is 9.90 Å². The maximum absolute atomic E-state index is 12.6. The van der Waals surface area contributed by atoms with Gasteiger partial charge in [-0.15, -0.1) is 0 Å². The van der Waals surface area contributed by atoms with Crippen LogP contribution in [0.1, 0.15) is 54.3 Å². The summed E-state index contributed by atoms with van der Waals surface area (Å²) < 4.78 is 1.89. The summed E-state index contributed by atoms with van der Waals surface area (Å²) in [5.41, 5.74) is 2.28. The highest BCUT2D eigenvalue weighted by Gasteiger charge is 2.30. The standard InChI is InChI=1S/C22H22Cl2N2O2/c23-17-6-2-4-15(9-17)21(27)8-14-3-1-5-16(7-14)22(28)20-11-18(24)10-19-12-25-13-26(19)20/h2,4,6,9-14,16,22,28H,1,3,5,7-8H2. The summed E-state index contributed by atoms with van der Waals surface area (Å²) >= 11 is 12.2. The van der Waals surface area contributed by atoms with Crippen molar-refractivity contribution in [2.24, 2.45) is 11.8 Å². The molecule has 0 bridgehead atoms. The summed E-state index contributed by atoms with van der Waals surface area (Å²) in [4.78, 5) is 16.8. The number of rotatable bonds is 5. The first-order valence-electron chi connectivity index (χ1n) is 9.59. The lowest BCUT2D eigenvalue weighted by Gasteiger charge is -2.32. The average molecular weight is 417 g/mol. The van der Waals surface area contributed by atoms with Crippen molar-refractivity contribution >= 4 is 34.5 Å². The maximum Gasteiger partial charge on any atom is 0.163 e. The van der Waals surface area contributed by atoms with Gasteiger partial charge in [0.05, 0.1) is 29.8 Å². The SMILES string of the molecule is O=C(CC1CCCC(C(O)c2cc(Cl)cc3cncn23)C1)c1cccc(Cl)c1. The van der Waals surface area contributed by atoms with E-state index in [0.29, 0.717) is 22.0 Å². The molecule has 3 aromatic rings. The van der Waals surface area contributed by atoms with Gasteiger partial charge in [-0.2, -0.15) is 0 Å². The zero-order valence-electron chi connectivity index (χ0n) is 15.4. The zero-order chi connectivity index (χ0) is 19.7. The maximum atomic E-state index is 12.6. The van der Waals surface area contributed by atoms with E-state index in [-0.39, 0.29) is 17.6 Å². The molecule has 1 N–H and O–H groups in total. The van der Waals surface area contributed by atoms with Gasteiger partial charge in [-0.1, -0.05) is 41.8 Å². The molecule has 0 saturated heterocycles. The van der Waals surface area contributed by atoms with Crippen LogP contribution in [0.25, 0.3) is 5.52 Å². The summed E-state index contributed by atoms with van der Waals surface area (Å²) in [5.74, 6) is 0.467. The summed E-state index contributed by atoms with van der Waals surface area (Å²) in [6, 6.07) is 10.7. The van der Waals surface area contributed by atoms with E-state index in [1.54, 1.807) is 30.7 Å². The Morgan fingerprint density at radius 1 is 1.21 bits per heavy atom. The Labute approximate surface area is 174 Å². The number of hydrogen-bond donors (Lipinski definition) is 1. The number of carbonyl (C=O) groups excluding carboxylic acids is 1. The predicted octanol–water partition coefficient (Wildman–Crippen LogP) is 5.75. The molecule has 28 heavy (non-hydrogen) atoms. The third-order valence-electron chi connectivity index (χ3n) is 5.71. The Bertz CT molecular complexity index is 1000. The summed E-state index contributed by atoms with van der Waals surface area (Å²) in [6.45, 7) is 0. The quantitative estimate of drug-likeness (QED) is 0.538. The van der Waals surface area contributed by atoms with E-state index >= 15 is 0 Å². The highest BCUT2D eigenvalue weighted by molar-refractivity contribution is 6.31. The second kappa shape index (κ2) is 8.24. The van der Waals surface area contributed by atoms with Gasteiger partial charge in [-0.25, -0.2) is 4.98 Å². The molecule has 0 amide bonds. The molecule has 0 aliphatic heterocycles. The fourth-order valence-electron chi connectivity index (χ4n) is 4.34. The number of aliphatic hydroxyl groups is 1. The van der Waals surface area contributed by atoms with Gasteiger partial charge in [-0.3, -0.25) is 4.79 Å². The molecular formula is C22H22Cl2N2O2. The van der Waals surface area contributed by atoms with Gasteiger partial charge in [0.15, 0.2) is 5.78 Å². The second-order valence-electron chi connectivity index (χ2n) is 7.66. The number of imidazole rings is 1. The molecular weight excluding hydrogens is 395 g/mol. The zero-order valence-corrected chi connectivity index (χ0v) is 16.9. The first-order valence-corrected chi connectivity index (χ1v) is 10.3. The van der Waals surface area contributed by atoms with Crippen LogP contribution in [-0.2, 0) is 0 Å². The summed E-state index contributed by atoms with van der Waals surface area (Å²) in [6.07, 6.45) is 7.04. The number of pyridine rings is 1. The van der Waals surface area contributed by atoms with Crippen molar-refractivity contribution in [2.75, 3.05) is 0 Å². The number of ketones is 1. The Morgan fingerprint density at radius 3 is 2.89 bits per heavy atom. The molecule has 1 fully saturated rings. The van der Waals surface area contributed by atoms with E-state index in [1.165, 1.54) is 0 Å². The minimum absolute atomic E-state index is 0.0926. The first-order chi connectivity index (χ1) is 13.5. The van der Waals surface area contributed by atoms with Crippen molar-refractivity contribution in [1.82, 2.24) is 9.38 Å². The molecule has 1 aliphatic rings. The lowest BCUT2D eigenvalue weighted by Crippen LogP contribution is -2.24. The molecule has 3 atom stereocenters. The number of hydrogen-bond acceptors (Lipinski definition) is 3. The normalized spacial score (nSPS) is 21.0. The molecule has 4 rings (SSSR count). The number of Topliss-reactive ketones (excluding diaryl/α,β-unsaturated/α-hetero) is 1. The minimum Gasteiger partial charge on any atom is -0.387 e. The number of fused-ring (bicyclic) bond motifs is 1. The van der Waals surface area contributed by atoms with Crippen LogP contribution in [0.3, 0.4) is 0 Å². The lowest BCUT2D eigenvalue weighted by atomic mass is 9.75. The third kappa shape index (κ3) is 4.09. The van der Waals surface area contributed by atoms with E-state index in [4.69, 9.17) is 23.2 Å². The molecule has 146 valence electrons. The van der Waals surface area contributed by atoms with Gasteiger partial charge >= 0.3 is 0 Å². The van der Waals surface area contributed by atoms with Gasteiger partial charge < -0.3 is 9.51 Å². The Kier molecular flexibility index (Phi) is 5.72. The van der Waals surface area contributed by atoms with Crippen LogP contribution < -0.4 is 0 Å². The lowest BCUT2D eigenvalue weighted by molar-refractivity contribution is 0.0602. The number of carbonyl (C=O) groups is 1. The molecule has 3 unspecified atom stereocenters. The van der Waals surface area contributed by atoms with Crippen molar-refractivity contribution < 1.29 is 9.90 Å². The van der Waals surface area contributed by atoms with Gasteiger partial charge in [-0.05, 0) is 55.4 Å². The molecule has 2 aromatic heterocycles. The third-order valence-corrected chi connectivity index (χ3v) is 6.16. The summed E-state index contributed by atoms with van der Waals surface area (Å²) in [7, 11) is 0. The molecule has 1 saturated carbocycles. The van der Waals surface area contributed by atoms with Crippen LogP contribution in [0, 0.1) is 11.8 Å². The largest absolute Gasteiger partial charge is 0.387 e. The topological polar surface area (TPSA) is 54.6 Å². The second-order valence-corrected chi connectivity index (χ2v) is 8.54.